The molecule has 1 unspecified atom stereocenters. The average molecular weight is 396 g/mol. The van der Waals surface area contributed by atoms with Crippen molar-refractivity contribution in [3.63, 3.8) is 0 Å². The van der Waals surface area contributed by atoms with Gasteiger partial charge in [-0.15, -0.1) is 0 Å². The Morgan fingerprint density at radius 2 is 1.86 bits per heavy atom. The molecule has 154 valence electrons. The second-order valence-corrected chi connectivity index (χ2v) is 7.97. The minimum absolute atomic E-state index is 0.0236. The highest BCUT2D eigenvalue weighted by molar-refractivity contribution is 6.01. The summed E-state index contributed by atoms with van der Waals surface area (Å²) in [6.45, 7) is 4.09. The molecule has 3 rings (SSSR count). The molecule has 6 nitrogen and oxygen atoms in total. The van der Waals surface area contributed by atoms with E-state index < -0.39 is 6.10 Å². The summed E-state index contributed by atoms with van der Waals surface area (Å²) in [4.78, 5) is 19.0. The van der Waals surface area contributed by atoms with Crippen molar-refractivity contribution in [2.75, 3.05) is 14.1 Å². The number of aliphatic hydroxyl groups is 1. The third kappa shape index (κ3) is 3.98. The van der Waals surface area contributed by atoms with E-state index >= 15 is 0 Å². The molecule has 0 aliphatic heterocycles. The first-order valence-electron chi connectivity index (χ1n) is 9.88. The molecule has 6 heteroatoms. The highest BCUT2D eigenvalue weighted by Gasteiger charge is 2.24. The van der Waals surface area contributed by atoms with Crippen LogP contribution in [-0.2, 0) is 13.5 Å². The van der Waals surface area contributed by atoms with Crippen LogP contribution >= 0.6 is 0 Å². The number of fused-ring (bicyclic) bond motifs is 1. The van der Waals surface area contributed by atoms with Gasteiger partial charge in [0.05, 0.1) is 11.6 Å². The maximum Gasteiger partial charge on any atom is 0.253 e. The van der Waals surface area contributed by atoms with Gasteiger partial charge in [0, 0.05) is 38.2 Å². The van der Waals surface area contributed by atoms with E-state index in [1.165, 1.54) is 4.90 Å². The van der Waals surface area contributed by atoms with Crippen LogP contribution in [0.15, 0.2) is 36.4 Å². The van der Waals surface area contributed by atoms with Crippen molar-refractivity contribution in [3.8, 4) is 5.75 Å². The van der Waals surface area contributed by atoms with Gasteiger partial charge in [-0.25, -0.2) is 4.98 Å². The number of phenolic OH excluding ortho intramolecular Hbond substituents is 1. The molecule has 2 N–H and O–H groups in total. The fraction of sp³-hybridized carbons (Fsp3) is 0.391. The molecule has 0 saturated heterocycles. The summed E-state index contributed by atoms with van der Waals surface area (Å²) in [5.74, 6) is 0.873. The summed E-state index contributed by atoms with van der Waals surface area (Å²) in [6.07, 6.45) is 0.0737. The van der Waals surface area contributed by atoms with Crippen molar-refractivity contribution in [2.45, 2.75) is 38.7 Å². The van der Waals surface area contributed by atoms with E-state index in [1.54, 1.807) is 20.2 Å². The number of benzene rings is 2. The van der Waals surface area contributed by atoms with Crippen LogP contribution < -0.4 is 0 Å². The molecular formula is C23H29N3O3. The number of rotatable bonds is 6. The molecule has 1 aromatic heterocycles. The van der Waals surface area contributed by atoms with Gasteiger partial charge < -0.3 is 19.7 Å². The number of imidazole rings is 1. The van der Waals surface area contributed by atoms with E-state index in [0.717, 1.165) is 16.9 Å². The largest absolute Gasteiger partial charge is 0.505 e. The predicted octanol–water partition coefficient (Wildman–Crippen LogP) is 3.77. The van der Waals surface area contributed by atoms with Crippen LogP contribution in [0.2, 0.25) is 0 Å². The van der Waals surface area contributed by atoms with Crippen LogP contribution in [-0.4, -0.2) is 44.7 Å². The zero-order valence-electron chi connectivity index (χ0n) is 17.7. The summed E-state index contributed by atoms with van der Waals surface area (Å²) >= 11 is 0. The second kappa shape index (κ2) is 8.25. The molecule has 1 amide bonds. The topological polar surface area (TPSA) is 78.6 Å². The highest BCUT2D eigenvalue weighted by atomic mass is 16.3. The third-order valence-corrected chi connectivity index (χ3v) is 5.30. The lowest BCUT2D eigenvalue weighted by Crippen LogP contribution is -2.23. The molecule has 0 aliphatic rings. The van der Waals surface area contributed by atoms with Crippen molar-refractivity contribution in [1.29, 1.82) is 0 Å². The van der Waals surface area contributed by atoms with Gasteiger partial charge in [0.1, 0.15) is 17.1 Å². The summed E-state index contributed by atoms with van der Waals surface area (Å²) in [5.41, 5.74) is 3.01. The number of aryl methyl sites for hydroxylation is 1. The number of phenols is 1. The number of aromatic nitrogens is 2. The Bertz CT molecular complexity index is 1020. The maximum absolute atomic E-state index is 12.9. The Morgan fingerprint density at radius 1 is 1.21 bits per heavy atom. The molecule has 3 aromatic rings. The van der Waals surface area contributed by atoms with Crippen LogP contribution in [0.4, 0.5) is 0 Å². The Labute approximate surface area is 171 Å². The molecular weight excluding hydrogens is 366 g/mol. The standard InChI is InChI=1S/C23H29N3O3/c1-14(2)22-24-20-18(26(22)5)13-17(23(29)25(3)4)16(21(20)28)11-12-19(27)15-9-7-6-8-10-15/h6-10,13-14,19,27-28H,11-12H2,1-5H3. The lowest BCUT2D eigenvalue weighted by atomic mass is 9.96. The van der Waals surface area contributed by atoms with Gasteiger partial charge in [0.15, 0.2) is 0 Å². The Balaban J connectivity index is 2.07. The predicted molar refractivity (Wildman–Crippen MR) is 114 cm³/mol. The summed E-state index contributed by atoms with van der Waals surface area (Å²) in [5, 5.41) is 21.6. The van der Waals surface area contributed by atoms with Gasteiger partial charge >= 0.3 is 0 Å². The first-order chi connectivity index (χ1) is 13.7. The molecule has 2 aromatic carbocycles. The molecule has 0 saturated carbocycles. The molecule has 0 spiro atoms. The number of carbonyl (C=O) groups is 1. The Kier molecular flexibility index (Phi) is 5.94. The van der Waals surface area contributed by atoms with Gasteiger partial charge in [-0.3, -0.25) is 4.79 Å². The van der Waals surface area contributed by atoms with Gasteiger partial charge in [-0.05, 0) is 24.5 Å². The second-order valence-electron chi connectivity index (χ2n) is 7.97. The normalized spacial score (nSPS) is 12.5. The fourth-order valence-corrected chi connectivity index (χ4v) is 3.69. The van der Waals surface area contributed by atoms with Crippen molar-refractivity contribution >= 4 is 16.9 Å². The van der Waals surface area contributed by atoms with Crippen molar-refractivity contribution < 1.29 is 15.0 Å². The summed E-state index contributed by atoms with van der Waals surface area (Å²) in [6, 6.07) is 11.2. The van der Waals surface area contributed by atoms with E-state index in [1.807, 2.05) is 55.8 Å². The lowest BCUT2D eigenvalue weighted by molar-refractivity contribution is 0.0825. The maximum atomic E-state index is 12.9. The third-order valence-electron chi connectivity index (χ3n) is 5.30. The molecule has 1 heterocycles. The molecule has 0 fully saturated rings. The van der Waals surface area contributed by atoms with E-state index in [-0.39, 0.29) is 17.6 Å². The average Bonchev–Trinajstić information content (AvgIpc) is 3.04. The number of carbonyl (C=O) groups excluding carboxylic acids is 1. The highest BCUT2D eigenvalue weighted by Crippen LogP contribution is 2.35. The van der Waals surface area contributed by atoms with E-state index in [4.69, 9.17) is 0 Å². The molecule has 29 heavy (non-hydrogen) atoms. The van der Waals surface area contributed by atoms with Crippen molar-refractivity contribution in [2.24, 2.45) is 7.05 Å². The quantitative estimate of drug-likeness (QED) is 0.666. The molecule has 0 aliphatic carbocycles. The number of amides is 1. The Hall–Kier alpha value is -2.86. The molecule has 0 radical (unpaired) electrons. The fourth-order valence-electron chi connectivity index (χ4n) is 3.69. The zero-order valence-corrected chi connectivity index (χ0v) is 17.7. The first-order valence-corrected chi connectivity index (χ1v) is 9.88. The summed E-state index contributed by atoms with van der Waals surface area (Å²) in [7, 11) is 5.27. The minimum atomic E-state index is -0.677. The van der Waals surface area contributed by atoms with Gasteiger partial charge in [-0.1, -0.05) is 44.2 Å². The van der Waals surface area contributed by atoms with E-state index in [9.17, 15) is 15.0 Å². The van der Waals surface area contributed by atoms with Gasteiger partial charge in [0.2, 0.25) is 0 Å². The number of nitrogens with zero attached hydrogens (tertiary/aromatic N) is 3. The minimum Gasteiger partial charge on any atom is -0.505 e. The van der Waals surface area contributed by atoms with Gasteiger partial charge in [-0.2, -0.15) is 0 Å². The molecule has 1 atom stereocenters. The Morgan fingerprint density at radius 3 is 2.45 bits per heavy atom. The monoisotopic (exact) mass is 395 g/mol. The number of hydrogen-bond acceptors (Lipinski definition) is 4. The van der Waals surface area contributed by atoms with Crippen LogP contribution in [0.25, 0.3) is 11.0 Å². The number of hydrogen-bond donors (Lipinski definition) is 2. The van der Waals surface area contributed by atoms with Crippen LogP contribution in [0.5, 0.6) is 5.75 Å². The number of aliphatic hydroxyl groups excluding tert-OH is 1. The summed E-state index contributed by atoms with van der Waals surface area (Å²) < 4.78 is 1.93. The number of aromatic hydroxyl groups is 1. The van der Waals surface area contributed by atoms with Crippen molar-refractivity contribution in [1.82, 2.24) is 14.5 Å². The first kappa shape index (κ1) is 20.9. The van der Waals surface area contributed by atoms with E-state index in [0.29, 0.717) is 29.5 Å². The lowest BCUT2D eigenvalue weighted by Gasteiger charge is -2.17. The zero-order chi connectivity index (χ0) is 21.3. The van der Waals surface area contributed by atoms with Crippen LogP contribution in [0.1, 0.15) is 59.6 Å². The van der Waals surface area contributed by atoms with Crippen molar-refractivity contribution in [3.05, 3.63) is 58.9 Å². The van der Waals surface area contributed by atoms with Crippen LogP contribution in [0, 0.1) is 0 Å². The molecule has 0 bridgehead atoms. The SMILES string of the molecule is CC(C)c1nc2c(O)c(CCC(O)c3ccccc3)c(C(=O)N(C)C)cc2n1C. The van der Waals surface area contributed by atoms with E-state index in [2.05, 4.69) is 4.98 Å². The van der Waals surface area contributed by atoms with Gasteiger partial charge in [0.25, 0.3) is 5.91 Å². The van der Waals surface area contributed by atoms with Crippen LogP contribution in [0.3, 0.4) is 0 Å². The smallest absolute Gasteiger partial charge is 0.253 e.